The van der Waals surface area contributed by atoms with Crippen LogP contribution in [0.2, 0.25) is 0 Å². The molecular weight excluding hydrogens is 299 g/mol. The summed E-state index contributed by atoms with van der Waals surface area (Å²) in [5, 5.41) is 3.08. The molecule has 0 spiro atoms. The zero-order chi connectivity index (χ0) is 12.5. The van der Waals surface area contributed by atoms with Crippen LogP contribution in [0.4, 0.5) is 13.2 Å². The van der Waals surface area contributed by atoms with Crippen LogP contribution in [0, 0.1) is 5.92 Å². The summed E-state index contributed by atoms with van der Waals surface area (Å²) in [4.78, 5) is 0. The molecule has 0 unspecified atom stereocenters. The lowest BCUT2D eigenvalue weighted by atomic mass is 10.1. The third kappa shape index (κ3) is 3.35. The normalized spacial score (nSPS) is 16.7. The maximum atomic E-state index is 12.5. The van der Waals surface area contributed by atoms with Gasteiger partial charge in [-0.2, -0.15) is 13.2 Å². The van der Waals surface area contributed by atoms with Gasteiger partial charge in [-0.1, -0.05) is 15.9 Å². The Morgan fingerprint density at radius 3 is 2.53 bits per heavy atom. The number of alkyl halides is 3. The van der Waals surface area contributed by atoms with Crippen LogP contribution in [0.15, 0.2) is 22.7 Å². The number of rotatable bonds is 3. The zero-order valence-corrected chi connectivity index (χ0v) is 10.4. The minimum Gasteiger partial charge on any atom is -0.493 e. The first-order valence-corrected chi connectivity index (χ1v) is 5.96. The van der Waals surface area contributed by atoms with Crippen LogP contribution in [-0.2, 0) is 6.18 Å². The molecule has 1 saturated heterocycles. The van der Waals surface area contributed by atoms with E-state index < -0.39 is 11.7 Å². The minimum absolute atomic E-state index is 0.249. The molecule has 0 aromatic heterocycles. The highest BCUT2D eigenvalue weighted by Crippen LogP contribution is 2.34. The molecule has 1 fully saturated rings. The highest BCUT2D eigenvalue weighted by atomic mass is 79.9. The Kier molecular flexibility index (Phi) is 3.63. The van der Waals surface area contributed by atoms with E-state index in [-0.39, 0.29) is 5.75 Å². The van der Waals surface area contributed by atoms with E-state index in [0.717, 1.165) is 25.2 Å². The van der Waals surface area contributed by atoms with Crippen LogP contribution in [0.5, 0.6) is 5.75 Å². The second-order valence-corrected chi connectivity index (χ2v) is 4.92. The molecule has 0 amide bonds. The van der Waals surface area contributed by atoms with Crippen LogP contribution < -0.4 is 10.1 Å². The number of nitrogens with one attached hydrogen (secondary N) is 1. The van der Waals surface area contributed by atoms with E-state index in [2.05, 4.69) is 21.2 Å². The van der Waals surface area contributed by atoms with Gasteiger partial charge in [-0.05, 0) is 18.2 Å². The Balaban J connectivity index is 2.08. The fourth-order valence-corrected chi connectivity index (χ4v) is 1.96. The number of benzene rings is 1. The lowest BCUT2D eigenvalue weighted by molar-refractivity contribution is -0.137. The van der Waals surface area contributed by atoms with E-state index in [1.165, 1.54) is 0 Å². The molecule has 0 bridgehead atoms. The third-order valence-corrected chi connectivity index (χ3v) is 3.01. The number of hydrogen-bond donors (Lipinski definition) is 1. The number of ether oxygens (including phenoxy) is 1. The average molecular weight is 310 g/mol. The second kappa shape index (κ2) is 4.86. The van der Waals surface area contributed by atoms with Crippen molar-refractivity contribution in [1.29, 1.82) is 0 Å². The largest absolute Gasteiger partial charge is 0.493 e. The molecule has 1 aliphatic rings. The highest BCUT2D eigenvalue weighted by molar-refractivity contribution is 9.10. The van der Waals surface area contributed by atoms with Gasteiger partial charge in [0.1, 0.15) is 5.75 Å². The summed E-state index contributed by atoms with van der Waals surface area (Å²) in [5.41, 5.74) is -0.700. The Morgan fingerprint density at radius 2 is 2.00 bits per heavy atom. The highest BCUT2D eigenvalue weighted by Gasteiger charge is 2.31. The number of hydrogen-bond acceptors (Lipinski definition) is 2. The van der Waals surface area contributed by atoms with E-state index >= 15 is 0 Å². The van der Waals surface area contributed by atoms with Gasteiger partial charge in [0.15, 0.2) is 0 Å². The summed E-state index contributed by atoms with van der Waals surface area (Å²) in [5.74, 6) is 0.641. The third-order valence-electron chi connectivity index (χ3n) is 2.55. The molecule has 0 saturated carbocycles. The van der Waals surface area contributed by atoms with Crippen molar-refractivity contribution in [3.8, 4) is 5.75 Å². The summed E-state index contributed by atoms with van der Waals surface area (Å²) in [7, 11) is 0. The Morgan fingerprint density at radius 1 is 1.29 bits per heavy atom. The molecule has 1 aromatic rings. The average Bonchev–Trinajstić information content (AvgIpc) is 2.13. The van der Waals surface area contributed by atoms with E-state index in [1.807, 2.05) is 0 Å². The Hall–Kier alpha value is -0.750. The van der Waals surface area contributed by atoms with Crippen molar-refractivity contribution >= 4 is 15.9 Å². The summed E-state index contributed by atoms with van der Waals surface area (Å²) < 4.78 is 43.3. The molecule has 1 N–H and O–H groups in total. The zero-order valence-electron chi connectivity index (χ0n) is 8.85. The maximum Gasteiger partial charge on any atom is 0.416 e. The van der Waals surface area contributed by atoms with Gasteiger partial charge >= 0.3 is 6.18 Å². The Labute approximate surface area is 105 Å². The lowest BCUT2D eigenvalue weighted by Crippen LogP contribution is -2.45. The molecule has 2 nitrogen and oxygen atoms in total. The molecule has 94 valence electrons. The molecule has 6 heteroatoms. The van der Waals surface area contributed by atoms with Gasteiger partial charge in [0.25, 0.3) is 0 Å². The molecule has 0 aliphatic carbocycles. The molecule has 17 heavy (non-hydrogen) atoms. The molecule has 1 heterocycles. The van der Waals surface area contributed by atoms with Crippen LogP contribution in [0.3, 0.4) is 0 Å². The summed E-state index contributed by atoms with van der Waals surface area (Å²) in [6.45, 7) is 2.17. The van der Waals surface area contributed by atoms with Gasteiger partial charge in [-0.3, -0.25) is 0 Å². The summed E-state index contributed by atoms with van der Waals surface area (Å²) in [6, 6.07) is 3.61. The van der Waals surface area contributed by atoms with Crippen molar-refractivity contribution in [1.82, 2.24) is 5.32 Å². The van der Waals surface area contributed by atoms with Gasteiger partial charge in [0.2, 0.25) is 0 Å². The van der Waals surface area contributed by atoms with Gasteiger partial charge in [0.05, 0.1) is 12.2 Å². The van der Waals surface area contributed by atoms with Crippen LogP contribution >= 0.6 is 15.9 Å². The fourth-order valence-electron chi connectivity index (χ4n) is 1.49. The molecule has 0 atom stereocenters. The van der Waals surface area contributed by atoms with Crippen LogP contribution in [0.1, 0.15) is 5.56 Å². The SMILES string of the molecule is FC(F)(F)c1cc(Br)cc(OCC2CNC2)c1. The molecule has 0 radical (unpaired) electrons. The van der Waals surface area contributed by atoms with Crippen molar-refractivity contribution < 1.29 is 17.9 Å². The van der Waals surface area contributed by atoms with Crippen molar-refractivity contribution in [2.24, 2.45) is 5.92 Å². The van der Waals surface area contributed by atoms with Crippen LogP contribution in [-0.4, -0.2) is 19.7 Å². The standard InChI is InChI=1S/C11H11BrF3NO/c12-9-1-8(11(13,14)15)2-10(3-9)17-6-7-4-16-5-7/h1-3,7,16H,4-6H2. The topological polar surface area (TPSA) is 21.3 Å². The van der Waals surface area contributed by atoms with Crippen molar-refractivity contribution in [2.45, 2.75) is 6.18 Å². The second-order valence-electron chi connectivity index (χ2n) is 4.01. The fraction of sp³-hybridized carbons (Fsp3) is 0.455. The molecular formula is C11H11BrF3NO. The summed E-state index contributed by atoms with van der Waals surface area (Å²) in [6.07, 6.45) is -4.35. The monoisotopic (exact) mass is 309 g/mol. The van der Waals surface area contributed by atoms with Crippen molar-refractivity contribution in [3.05, 3.63) is 28.2 Å². The lowest BCUT2D eigenvalue weighted by Gasteiger charge is -2.27. The predicted molar refractivity (Wildman–Crippen MR) is 61.0 cm³/mol. The maximum absolute atomic E-state index is 12.5. The Bertz CT molecular complexity index is 404. The predicted octanol–water partition coefficient (Wildman–Crippen LogP) is 3.07. The van der Waals surface area contributed by atoms with E-state index in [0.29, 0.717) is 17.0 Å². The smallest absolute Gasteiger partial charge is 0.416 e. The first kappa shape index (κ1) is 12.7. The van der Waals surface area contributed by atoms with Crippen molar-refractivity contribution in [2.75, 3.05) is 19.7 Å². The van der Waals surface area contributed by atoms with Crippen LogP contribution in [0.25, 0.3) is 0 Å². The molecule has 1 aromatic carbocycles. The van der Waals surface area contributed by atoms with Gasteiger partial charge in [0, 0.05) is 23.5 Å². The molecule has 2 rings (SSSR count). The first-order valence-electron chi connectivity index (χ1n) is 5.16. The van der Waals surface area contributed by atoms with Crippen molar-refractivity contribution in [3.63, 3.8) is 0 Å². The van der Waals surface area contributed by atoms with E-state index in [9.17, 15) is 13.2 Å². The number of halogens is 4. The van der Waals surface area contributed by atoms with E-state index in [1.54, 1.807) is 6.07 Å². The first-order chi connectivity index (χ1) is 7.95. The van der Waals surface area contributed by atoms with Gasteiger partial charge < -0.3 is 10.1 Å². The summed E-state index contributed by atoms with van der Waals surface area (Å²) >= 11 is 3.05. The van der Waals surface area contributed by atoms with Gasteiger partial charge in [-0.15, -0.1) is 0 Å². The molecule has 1 aliphatic heterocycles. The minimum atomic E-state index is -4.35. The van der Waals surface area contributed by atoms with E-state index in [4.69, 9.17) is 4.74 Å². The van der Waals surface area contributed by atoms with Gasteiger partial charge in [-0.25, -0.2) is 0 Å². The quantitative estimate of drug-likeness (QED) is 0.926.